The number of aromatic nitrogens is 2. The summed E-state index contributed by atoms with van der Waals surface area (Å²) in [7, 11) is 0. The largest absolute Gasteiger partial charge is 0.325 e. The van der Waals surface area contributed by atoms with Crippen LogP contribution in [0.25, 0.3) is 0 Å². The zero-order valence-electron chi connectivity index (χ0n) is 12.3. The lowest BCUT2D eigenvalue weighted by atomic mass is 10.1. The van der Waals surface area contributed by atoms with E-state index in [4.69, 9.17) is 11.6 Å². The van der Waals surface area contributed by atoms with Gasteiger partial charge in [-0.1, -0.05) is 11.6 Å². The van der Waals surface area contributed by atoms with E-state index >= 15 is 0 Å². The number of halogens is 1. The predicted octanol–water partition coefficient (Wildman–Crippen LogP) is 0.708. The van der Waals surface area contributed by atoms with Crippen LogP contribution in [0.4, 0.5) is 11.4 Å². The molecule has 2 heterocycles. The van der Waals surface area contributed by atoms with Gasteiger partial charge in [-0.25, -0.2) is 4.79 Å². The van der Waals surface area contributed by atoms with Gasteiger partial charge in [0.25, 0.3) is 5.56 Å². The SMILES string of the molecule is O=C(Nc1c[nH]c(=O)[nH]c1=O)C1CC(=O)N(c2ccc(Cl)cc2)C1. The van der Waals surface area contributed by atoms with Crippen LogP contribution in [0.1, 0.15) is 6.42 Å². The summed E-state index contributed by atoms with van der Waals surface area (Å²) in [4.78, 5) is 52.7. The van der Waals surface area contributed by atoms with Gasteiger partial charge in [-0.15, -0.1) is 0 Å². The van der Waals surface area contributed by atoms with E-state index in [9.17, 15) is 19.2 Å². The average Bonchev–Trinajstić information content (AvgIpc) is 2.93. The Bertz CT molecular complexity index is 903. The molecule has 1 saturated heterocycles. The van der Waals surface area contributed by atoms with E-state index in [0.29, 0.717) is 10.7 Å². The van der Waals surface area contributed by atoms with E-state index in [2.05, 4.69) is 10.3 Å². The summed E-state index contributed by atoms with van der Waals surface area (Å²) in [6, 6.07) is 6.73. The van der Waals surface area contributed by atoms with Crippen LogP contribution in [0, 0.1) is 5.92 Å². The Balaban J connectivity index is 1.73. The molecule has 3 rings (SSSR count). The van der Waals surface area contributed by atoms with Crippen molar-refractivity contribution in [3.05, 3.63) is 56.3 Å². The van der Waals surface area contributed by atoms with E-state index in [1.54, 1.807) is 24.3 Å². The number of anilines is 2. The zero-order chi connectivity index (χ0) is 17.3. The maximum atomic E-state index is 12.3. The highest BCUT2D eigenvalue weighted by atomic mass is 35.5. The second-order valence-electron chi connectivity index (χ2n) is 5.36. The molecule has 0 aliphatic carbocycles. The predicted molar refractivity (Wildman–Crippen MR) is 88.2 cm³/mol. The van der Waals surface area contributed by atoms with Crippen molar-refractivity contribution in [1.29, 1.82) is 0 Å². The van der Waals surface area contributed by atoms with Crippen molar-refractivity contribution < 1.29 is 9.59 Å². The Morgan fingerprint density at radius 2 is 1.92 bits per heavy atom. The van der Waals surface area contributed by atoms with E-state index in [1.807, 2.05) is 4.98 Å². The van der Waals surface area contributed by atoms with Gasteiger partial charge in [0.1, 0.15) is 5.69 Å². The van der Waals surface area contributed by atoms with Crippen molar-refractivity contribution in [2.24, 2.45) is 5.92 Å². The summed E-state index contributed by atoms with van der Waals surface area (Å²) >= 11 is 5.82. The standard InChI is InChI=1S/C15H13ClN4O4/c16-9-1-3-10(4-2-9)20-7-8(5-12(20)21)13(22)18-11-6-17-15(24)19-14(11)23/h1-4,6,8H,5,7H2,(H,18,22)(H2,17,19,23,24). The van der Waals surface area contributed by atoms with Gasteiger partial charge in [-0.05, 0) is 24.3 Å². The molecule has 1 aromatic carbocycles. The fourth-order valence-electron chi connectivity index (χ4n) is 2.49. The molecular weight excluding hydrogens is 336 g/mol. The molecule has 1 aliphatic heterocycles. The van der Waals surface area contributed by atoms with Crippen LogP contribution in [0.3, 0.4) is 0 Å². The Labute approximate surface area is 140 Å². The van der Waals surface area contributed by atoms with Crippen molar-refractivity contribution in [3.63, 3.8) is 0 Å². The molecule has 0 spiro atoms. The van der Waals surface area contributed by atoms with Gasteiger partial charge in [0.15, 0.2) is 0 Å². The van der Waals surface area contributed by atoms with Crippen LogP contribution in [0.2, 0.25) is 5.02 Å². The highest BCUT2D eigenvalue weighted by Crippen LogP contribution is 2.26. The molecule has 1 unspecified atom stereocenters. The first-order valence-corrected chi connectivity index (χ1v) is 7.50. The summed E-state index contributed by atoms with van der Waals surface area (Å²) in [5, 5.41) is 2.98. The summed E-state index contributed by atoms with van der Waals surface area (Å²) in [5.41, 5.74) is -0.785. The molecule has 2 aromatic rings. The summed E-state index contributed by atoms with van der Waals surface area (Å²) < 4.78 is 0. The smallest absolute Gasteiger partial charge is 0.320 e. The number of nitrogens with zero attached hydrogens (tertiary/aromatic N) is 1. The Morgan fingerprint density at radius 1 is 1.21 bits per heavy atom. The van der Waals surface area contributed by atoms with E-state index < -0.39 is 23.1 Å². The first kappa shape index (κ1) is 16.0. The number of nitrogens with one attached hydrogen (secondary N) is 3. The third-order valence-electron chi connectivity index (χ3n) is 3.71. The van der Waals surface area contributed by atoms with Crippen LogP contribution >= 0.6 is 11.6 Å². The molecule has 1 atom stereocenters. The number of carbonyl (C=O) groups excluding carboxylic acids is 2. The zero-order valence-corrected chi connectivity index (χ0v) is 13.1. The molecule has 0 saturated carbocycles. The minimum atomic E-state index is -0.703. The Morgan fingerprint density at radius 3 is 2.58 bits per heavy atom. The minimum Gasteiger partial charge on any atom is -0.320 e. The van der Waals surface area contributed by atoms with Gasteiger partial charge >= 0.3 is 5.69 Å². The van der Waals surface area contributed by atoms with Crippen LogP contribution in [-0.2, 0) is 9.59 Å². The number of hydrogen-bond donors (Lipinski definition) is 3. The number of rotatable bonds is 3. The summed E-state index contributed by atoms with van der Waals surface area (Å²) in [6.07, 6.45) is 1.16. The Hall–Kier alpha value is -2.87. The molecule has 0 bridgehead atoms. The molecule has 2 amide bonds. The second-order valence-corrected chi connectivity index (χ2v) is 5.79. The van der Waals surface area contributed by atoms with Crippen molar-refractivity contribution >= 4 is 34.8 Å². The fourth-order valence-corrected chi connectivity index (χ4v) is 2.62. The van der Waals surface area contributed by atoms with Gasteiger partial charge in [0.05, 0.1) is 5.92 Å². The molecule has 9 heteroatoms. The van der Waals surface area contributed by atoms with E-state index in [1.165, 1.54) is 4.90 Å². The normalized spacial score (nSPS) is 17.1. The van der Waals surface area contributed by atoms with E-state index in [0.717, 1.165) is 6.20 Å². The molecule has 24 heavy (non-hydrogen) atoms. The van der Waals surface area contributed by atoms with Gasteiger partial charge < -0.3 is 15.2 Å². The van der Waals surface area contributed by atoms with Crippen LogP contribution < -0.4 is 21.5 Å². The highest BCUT2D eigenvalue weighted by molar-refractivity contribution is 6.30. The molecular formula is C15H13ClN4O4. The molecule has 0 radical (unpaired) electrons. The van der Waals surface area contributed by atoms with Crippen LogP contribution in [0.15, 0.2) is 40.1 Å². The number of H-pyrrole nitrogens is 2. The maximum Gasteiger partial charge on any atom is 0.325 e. The Kier molecular flexibility index (Phi) is 4.22. The molecule has 1 fully saturated rings. The summed E-state index contributed by atoms with van der Waals surface area (Å²) in [6.45, 7) is 0.202. The maximum absolute atomic E-state index is 12.3. The molecule has 1 aromatic heterocycles. The first-order valence-electron chi connectivity index (χ1n) is 7.13. The molecule has 8 nitrogen and oxygen atoms in total. The summed E-state index contributed by atoms with van der Waals surface area (Å²) in [5.74, 6) is -1.25. The lowest BCUT2D eigenvalue weighted by Gasteiger charge is -2.16. The molecule has 124 valence electrons. The first-order chi connectivity index (χ1) is 11.4. The molecule has 3 N–H and O–H groups in total. The highest BCUT2D eigenvalue weighted by Gasteiger charge is 2.35. The second kappa shape index (κ2) is 6.32. The lowest BCUT2D eigenvalue weighted by molar-refractivity contribution is -0.122. The number of hydrogen-bond acceptors (Lipinski definition) is 4. The topological polar surface area (TPSA) is 115 Å². The van der Waals surface area contributed by atoms with Gasteiger partial charge in [0, 0.05) is 29.9 Å². The van der Waals surface area contributed by atoms with Crippen molar-refractivity contribution in [1.82, 2.24) is 9.97 Å². The number of amides is 2. The quantitative estimate of drug-likeness (QED) is 0.757. The lowest BCUT2D eigenvalue weighted by Crippen LogP contribution is -2.31. The third-order valence-corrected chi connectivity index (χ3v) is 3.96. The number of carbonyl (C=O) groups is 2. The van der Waals surface area contributed by atoms with Gasteiger partial charge in [0.2, 0.25) is 11.8 Å². The van der Waals surface area contributed by atoms with Crippen molar-refractivity contribution in [3.8, 4) is 0 Å². The molecule has 1 aliphatic rings. The average molecular weight is 349 g/mol. The van der Waals surface area contributed by atoms with Crippen molar-refractivity contribution in [2.75, 3.05) is 16.8 Å². The van der Waals surface area contributed by atoms with Gasteiger partial charge in [-0.3, -0.25) is 19.4 Å². The number of benzene rings is 1. The fraction of sp³-hybridized carbons (Fsp3) is 0.200. The van der Waals surface area contributed by atoms with Gasteiger partial charge in [-0.2, -0.15) is 0 Å². The van der Waals surface area contributed by atoms with Crippen molar-refractivity contribution in [2.45, 2.75) is 6.42 Å². The van der Waals surface area contributed by atoms with Crippen LogP contribution in [0.5, 0.6) is 0 Å². The minimum absolute atomic E-state index is 0.0374. The third kappa shape index (κ3) is 3.23. The van der Waals surface area contributed by atoms with E-state index in [-0.39, 0.29) is 24.6 Å². The number of aromatic amines is 2. The van der Waals surface area contributed by atoms with Crippen LogP contribution in [-0.4, -0.2) is 28.3 Å². The monoisotopic (exact) mass is 348 g/mol.